The van der Waals surface area contributed by atoms with Gasteiger partial charge in [-0.25, -0.2) is 9.18 Å². The van der Waals surface area contributed by atoms with Crippen molar-refractivity contribution in [2.75, 3.05) is 0 Å². The van der Waals surface area contributed by atoms with Crippen LogP contribution in [-0.4, -0.2) is 22.1 Å². The zero-order valence-corrected chi connectivity index (χ0v) is 13.1. The van der Waals surface area contributed by atoms with E-state index in [4.69, 9.17) is 16.1 Å². The number of amides is 1. The molecule has 0 aliphatic heterocycles. The maximum atomic E-state index is 13.2. The molecule has 1 aromatic carbocycles. The summed E-state index contributed by atoms with van der Waals surface area (Å²) in [6, 6.07) is 3.48. The molecule has 0 aliphatic rings. The van der Waals surface area contributed by atoms with Crippen LogP contribution < -0.4 is 5.32 Å². The number of carboxylic acid groups (broad SMARTS) is 1. The van der Waals surface area contributed by atoms with Crippen molar-refractivity contribution in [3.05, 3.63) is 52.1 Å². The van der Waals surface area contributed by atoms with Crippen LogP contribution >= 0.6 is 11.6 Å². The summed E-state index contributed by atoms with van der Waals surface area (Å²) in [5.41, 5.74) is 0.109. The number of nitrogens with zero attached hydrogens (tertiary/aromatic N) is 1. The quantitative estimate of drug-likeness (QED) is 0.872. The number of rotatable bonds is 5. The highest BCUT2D eigenvalue weighted by Gasteiger charge is 2.25. The van der Waals surface area contributed by atoms with E-state index in [2.05, 4.69) is 10.5 Å². The number of hydrogen-bond donors (Lipinski definition) is 2. The van der Waals surface area contributed by atoms with Crippen molar-refractivity contribution in [2.24, 2.45) is 0 Å². The lowest BCUT2D eigenvalue weighted by Crippen LogP contribution is -2.34. The van der Waals surface area contributed by atoms with Crippen molar-refractivity contribution in [3.8, 4) is 0 Å². The fourth-order valence-electron chi connectivity index (χ4n) is 1.85. The third-order valence-electron chi connectivity index (χ3n) is 3.13. The fraction of sp³-hybridized carbons (Fsp3) is 0.267. The highest BCUT2D eigenvalue weighted by Crippen LogP contribution is 2.22. The van der Waals surface area contributed by atoms with Gasteiger partial charge in [0.1, 0.15) is 11.6 Å². The summed E-state index contributed by atoms with van der Waals surface area (Å²) in [7, 11) is 0. The van der Waals surface area contributed by atoms with Crippen molar-refractivity contribution < 1.29 is 23.6 Å². The van der Waals surface area contributed by atoms with Crippen molar-refractivity contribution >= 4 is 23.5 Å². The SMILES string of the molecule is CC(C)c1cc(C(=O)N[C@@H](C(=O)O)c2ccc(F)c(Cl)c2)no1. The number of carbonyl (C=O) groups excluding carboxylic acids is 1. The highest BCUT2D eigenvalue weighted by molar-refractivity contribution is 6.30. The third kappa shape index (κ3) is 3.87. The minimum absolute atomic E-state index is 0.0341. The number of carboxylic acids is 1. The van der Waals surface area contributed by atoms with Crippen LogP contribution in [0.25, 0.3) is 0 Å². The van der Waals surface area contributed by atoms with Crippen LogP contribution in [0, 0.1) is 5.82 Å². The van der Waals surface area contributed by atoms with Crippen LogP contribution in [0.15, 0.2) is 28.8 Å². The summed E-state index contributed by atoms with van der Waals surface area (Å²) in [5.74, 6) is -2.16. The summed E-state index contributed by atoms with van der Waals surface area (Å²) in [5, 5.41) is 15.0. The Kier molecular flexibility index (Phi) is 5.00. The lowest BCUT2D eigenvalue weighted by atomic mass is 10.1. The number of hydrogen-bond acceptors (Lipinski definition) is 4. The Labute approximate surface area is 136 Å². The minimum atomic E-state index is -1.39. The minimum Gasteiger partial charge on any atom is -0.479 e. The Morgan fingerprint density at radius 2 is 2.04 bits per heavy atom. The van der Waals surface area contributed by atoms with E-state index in [-0.39, 0.29) is 22.2 Å². The molecule has 2 aromatic rings. The Balaban J connectivity index is 2.23. The average Bonchev–Trinajstić information content (AvgIpc) is 2.97. The molecule has 0 spiro atoms. The number of aromatic nitrogens is 1. The van der Waals surface area contributed by atoms with Gasteiger partial charge in [0.05, 0.1) is 5.02 Å². The highest BCUT2D eigenvalue weighted by atomic mass is 35.5. The molecule has 0 saturated heterocycles. The molecule has 1 amide bonds. The predicted molar refractivity (Wildman–Crippen MR) is 79.8 cm³/mol. The second-order valence-corrected chi connectivity index (χ2v) is 5.59. The number of benzene rings is 1. The molecule has 6 nitrogen and oxygen atoms in total. The predicted octanol–water partition coefficient (Wildman–Crippen LogP) is 3.15. The van der Waals surface area contributed by atoms with E-state index in [1.165, 1.54) is 12.1 Å². The molecule has 0 fully saturated rings. The molecular weight excluding hydrogens is 327 g/mol. The first-order valence-electron chi connectivity index (χ1n) is 6.74. The maximum Gasteiger partial charge on any atom is 0.330 e. The third-order valence-corrected chi connectivity index (χ3v) is 3.42. The Bertz CT molecular complexity index is 745. The molecule has 8 heteroatoms. The van der Waals surface area contributed by atoms with Crippen molar-refractivity contribution in [3.63, 3.8) is 0 Å². The van der Waals surface area contributed by atoms with Crippen molar-refractivity contribution in [1.29, 1.82) is 0 Å². The van der Waals surface area contributed by atoms with E-state index >= 15 is 0 Å². The number of nitrogens with one attached hydrogen (secondary N) is 1. The molecular formula is C15H14ClFN2O4. The molecule has 0 unspecified atom stereocenters. The van der Waals surface area contributed by atoms with Gasteiger partial charge in [-0.05, 0) is 17.7 Å². The molecule has 1 heterocycles. The number of aliphatic carboxylic acids is 1. The normalized spacial score (nSPS) is 12.2. The summed E-state index contributed by atoms with van der Waals surface area (Å²) in [6.07, 6.45) is 0. The Hall–Kier alpha value is -2.41. The van der Waals surface area contributed by atoms with Gasteiger partial charge in [0.2, 0.25) is 0 Å². The van der Waals surface area contributed by atoms with Gasteiger partial charge in [0, 0.05) is 12.0 Å². The molecule has 2 N–H and O–H groups in total. The van der Waals surface area contributed by atoms with E-state index in [0.717, 1.165) is 12.1 Å². The van der Waals surface area contributed by atoms with E-state index in [1.807, 2.05) is 13.8 Å². The van der Waals surface area contributed by atoms with Gasteiger partial charge in [-0.15, -0.1) is 0 Å². The molecule has 2 rings (SSSR count). The zero-order valence-electron chi connectivity index (χ0n) is 12.3. The molecule has 1 atom stereocenters. The number of halogens is 2. The maximum absolute atomic E-state index is 13.2. The summed E-state index contributed by atoms with van der Waals surface area (Å²) in [4.78, 5) is 23.5. The molecule has 0 saturated carbocycles. The van der Waals surface area contributed by atoms with Gasteiger partial charge in [-0.3, -0.25) is 4.79 Å². The molecule has 23 heavy (non-hydrogen) atoms. The topological polar surface area (TPSA) is 92.4 Å². The van der Waals surface area contributed by atoms with Crippen molar-refractivity contribution in [2.45, 2.75) is 25.8 Å². The molecule has 0 aliphatic carbocycles. The van der Waals surface area contributed by atoms with Crippen LogP contribution in [0.5, 0.6) is 0 Å². The second-order valence-electron chi connectivity index (χ2n) is 5.19. The first-order valence-corrected chi connectivity index (χ1v) is 7.12. The van der Waals surface area contributed by atoms with E-state index in [1.54, 1.807) is 0 Å². The lowest BCUT2D eigenvalue weighted by Gasteiger charge is -2.14. The smallest absolute Gasteiger partial charge is 0.330 e. The molecule has 0 radical (unpaired) electrons. The van der Waals surface area contributed by atoms with E-state index in [9.17, 15) is 19.1 Å². The first-order chi connectivity index (χ1) is 10.8. The van der Waals surface area contributed by atoms with Gasteiger partial charge < -0.3 is 14.9 Å². The first kappa shape index (κ1) is 17.0. The van der Waals surface area contributed by atoms with Crippen LogP contribution in [0.1, 0.15) is 47.6 Å². The van der Waals surface area contributed by atoms with Gasteiger partial charge in [-0.1, -0.05) is 36.7 Å². The van der Waals surface area contributed by atoms with Crippen LogP contribution in [0.4, 0.5) is 4.39 Å². The Morgan fingerprint density at radius 3 is 2.57 bits per heavy atom. The monoisotopic (exact) mass is 340 g/mol. The molecule has 122 valence electrons. The zero-order chi connectivity index (χ0) is 17.1. The Morgan fingerprint density at radius 1 is 1.35 bits per heavy atom. The molecule has 0 bridgehead atoms. The summed E-state index contributed by atoms with van der Waals surface area (Å²) < 4.78 is 18.2. The van der Waals surface area contributed by atoms with Gasteiger partial charge in [-0.2, -0.15) is 0 Å². The van der Waals surface area contributed by atoms with E-state index in [0.29, 0.717) is 5.76 Å². The fourth-order valence-corrected chi connectivity index (χ4v) is 2.04. The van der Waals surface area contributed by atoms with Crippen LogP contribution in [-0.2, 0) is 4.79 Å². The number of carbonyl (C=O) groups is 2. The van der Waals surface area contributed by atoms with Gasteiger partial charge in [0.15, 0.2) is 11.7 Å². The lowest BCUT2D eigenvalue weighted by molar-refractivity contribution is -0.139. The standard InChI is InChI=1S/C15H14ClFN2O4/c1-7(2)12-6-11(19-23-12)14(20)18-13(15(21)22)8-3-4-10(17)9(16)5-8/h3-7,13H,1-2H3,(H,18,20)(H,21,22)/t13-/m1/s1. The summed E-state index contributed by atoms with van der Waals surface area (Å²) >= 11 is 5.65. The van der Waals surface area contributed by atoms with Crippen LogP contribution in [0.3, 0.4) is 0 Å². The average molecular weight is 341 g/mol. The second kappa shape index (κ2) is 6.78. The van der Waals surface area contributed by atoms with Crippen molar-refractivity contribution in [1.82, 2.24) is 10.5 Å². The van der Waals surface area contributed by atoms with Crippen LogP contribution in [0.2, 0.25) is 5.02 Å². The summed E-state index contributed by atoms with van der Waals surface area (Å²) in [6.45, 7) is 3.73. The van der Waals surface area contributed by atoms with Gasteiger partial charge in [0.25, 0.3) is 5.91 Å². The van der Waals surface area contributed by atoms with E-state index < -0.39 is 23.7 Å². The largest absolute Gasteiger partial charge is 0.479 e. The van der Waals surface area contributed by atoms with Gasteiger partial charge >= 0.3 is 5.97 Å². The molecule has 1 aromatic heterocycles.